The first kappa shape index (κ1) is 9.40. The molecule has 2 rings (SSSR count). The molecular weight excluding hydrogens is 181 g/mol. The van der Waals surface area contributed by atoms with Crippen molar-refractivity contribution >= 4 is 5.82 Å². The van der Waals surface area contributed by atoms with Crippen LogP contribution >= 0.6 is 0 Å². The van der Waals surface area contributed by atoms with Crippen molar-refractivity contribution in [2.24, 2.45) is 5.73 Å². The van der Waals surface area contributed by atoms with Crippen molar-refractivity contribution in [3.8, 4) is 0 Å². The Morgan fingerprint density at radius 1 is 1.64 bits per heavy atom. The van der Waals surface area contributed by atoms with Gasteiger partial charge in [-0.2, -0.15) is 0 Å². The standard InChI is InChI=1S/C10H14FN3/c1-14(9-2-3-9)10-7(5-12)4-8(11)6-13-10/h4,6,9H,2-3,5,12H2,1H3. The van der Waals surface area contributed by atoms with Gasteiger partial charge in [-0.3, -0.25) is 0 Å². The van der Waals surface area contributed by atoms with Gasteiger partial charge in [0.1, 0.15) is 11.6 Å². The van der Waals surface area contributed by atoms with E-state index in [-0.39, 0.29) is 5.82 Å². The van der Waals surface area contributed by atoms with E-state index in [0.717, 1.165) is 11.4 Å². The molecule has 0 amide bonds. The first-order valence-corrected chi connectivity index (χ1v) is 4.79. The molecule has 0 saturated heterocycles. The van der Waals surface area contributed by atoms with Crippen LogP contribution in [0.1, 0.15) is 18.4 Å². The third-order valence-corrected chi connectivity index (χ3v) is 2.56. The predicted molar refractivity (Wildman–Crippen MR) is 53.5 cm³/mol. The SMILES string of the molecule is CN(c1ncc(F)cc1CN)C1CC1. The van der Waals surface area contributed by atoms with Gasteiger partial charge in [0, 0.05) is 25.2 Å². The van der Waals surface area contributed by atoms with Gasteiger partial charge >= 0.3 is 0 Å². The summed E-state index contributed by atoms with van der Waals surface area (Å²) in [7, 11) is 1.98. The minimum atomic E-state index is -0.321. The van der Waals surface area contributed by atoms with Crippen LogP contribution in [-0.2, 0) is 6.54 Å². The normalized spacial score (nSPS) is 15.6. The van der Waals surface area contributed by atoms with Crippen LogP contribution in [0, 0.1) is 5.82 Å². The van der Waals surface area contributed by atoms with E-state index < -0.39 is 0 Å². The summed E-state index contributed by atoms with van der Waals surface area (Å²) in [6.07, 6.45) is 3.63. The number of pyridine rings is 1. The van der Waals surface area contributed by atoms with Crippen LogP contribution in [0.15, 0.2) is 12.3 Å². The largest absolute Gasteiger partial charge is 0.356 e. The predicted octanol–water partition coefficient (Wildman–Crippen LogP) is 1.28. The molecule has 2 N–H and O–H groups in total. The minimum Gasteiger partial charge on any atom is -0.356 e. The third-order valence-electron chi connectivity index (χ3n) is 2.56. The molecule has 14 heavy (non-hydrogen) atoms. The molecule has 0 radical (unpaired) electrons. The quantitative estimate of drug-likeness (QED) is 0.790. The third kappa shape index (κ3) is 1.70. The number of rotatable bonds is 3. The van der Waals surface area contributed by atoms with E-state index in [0.29, 0.717) is 12.6 Å². The fourth-order valence-corrected chi connectivity index (χ4v) is 1.58. The van der Waals surface area contributed by atoms with E-state index >= 15 is 0 Å². The highest BCUT2D eigenvalue weighted by Crippen LogP contribution is 2.30. The van der Waals surface area contributed by atoms with E-state index in [1.165, 1.54) is 25.1 Å². The summed E-state index contributed by atoms with van der Waals surface area (Å²) in [5.74, 6) is 0.495. The topological polar surface area (TPSA) is 42.2 Å². The molecule has 4 heteroatoms. The molecule has 1 aromatic heterocycles. The summed E-state index contributed by atoms with van der Waals surface area (Å²) in [5.41, 5.74) is 6.32. The lowest BCUT2D eigenvalue weighted by Gasteiger charge is -2.20. The van der Waals surface area contributed by atoms with Crippen molar-refractivity contribution in [1.29, 1.82) is 0 Å². The van der Waals surface area contributed by atoms with Gasteiger partial charge in [0.25, 0.3) is 0 Å². The Morgan fingerprint density at radius 3 is 2.93 bits per heavy atom. The molecule has 1 aromatic rings. The summed E-state index contributed by atoms with van der Waals surface area (Å²) in [6.45, 7) is 0.331. The molecule has 1 saturated carbocycles. The van der Waals surface area contributed by atoms with Crippen LogP contribution in [0.25, 0.3) is 0 Å². The van der Waals surface area contributed by atoms with Crippen LogP contribution in [0.2, 0.25) is 0 Å². The summed E-state index contributed by atoms with van der Waals surface area (Å²) in [4.78, 5) is 6.17. The van der Waals surface area contributed by atoms with E-state index in [1.807, 2.05) is 7.05 Å². The molecule has 1 aliphatic rings. The zero-order valence-electron chi connectivity index (χ0n) is 8.20. The summed E-state index contributed by atoms with van der Waals surface area (Å²) < 4.78 is 12.9. The summed E-state index contributed by atoms with van der Waals surface area (Å²) >= 11 is 0. The highest BCUT2D eigenvalue weighted by molar-refractivity contribution is 5.48. The lowest BCUT2D eigenvalue weighted by atomic mass is 10.2. The number of aromatic nitrogens is 1. The van der Waals surface area contributed by atoms with E-state index in [9.17, 15) is 4.39 Å². The van der Waals surface area contributed by atoms with Gasteiger partial charge in [0.2, 0.25) is 0 Å². The summed E-state index contributed by atoms with van der Waals surface area (Å²) in [6, 6.07) is 2.03. The number of nitrogens with zero attached hydrogens (tertiary/aromatic N) is 2. The molecule has 1 aliphatic carbocycles. The van der Waals surface area contributed by atoms with Gasteiger partial charge in [0.05, 0.1) is 6.20 Å². The second-order valence-corrected chi connectivity index (χ2v) is 3.68. The molecule has 1 heterocycles. The van der Waals surface area contributed by atoms with Gasteiger partial charge in [0.15, 0.2) is 0 Å². The molecule has 3 nitrogen and oxygen atoms in total. The zero-order chi connectivity index (χ0) is 10.1. The molecule has 76 valence electrons. The van der Waals surface area contributed by atoms with Crippen molar-refractivity contribution in [2.75, 3.05) is 11.9 Å². The Labute approximate surface area is 82.7 Å². The number of anilines is 1. The number of hydrogen-bond donors (Lipinski definition) is 1. The van der Waals surface area contributed by atoms with Crippen LogP contribution in [0.5, 0.6) is 0 Å². The average molecular weight is 195 g/mol. The average Bonchev–Trinajstić information content (AvgIpc) is 3.00. The van der Waals surface area contributed by atoms with E-state index in [1.54, 1.807) is 0 Å². The molecule has 0 spiro atoms. The van der Waals surface area contributed by atoms with E-state index in [2.05, 4.69) is 9.88 Å². The van der Waals surface area contributed by atoms with Crippen molar-refractivity contribution in [3.05, 3.63) is 23.6 Å². The molecule has 0 bridgehead atoms. The lowest BCUT2D eigenvalue weighted by molar-refractivity contribution is 0.617. The maximum atomic E-state index is 12.9. The molecule has 0 unspecified atom stereocenters. The number of hydrogen-bond acceptors (Lipinski definition) is 3. The smallest absolute Gasteiger partial charge is 0.141 e. The first-order chi connectivity index (χ1) is 6.72. The minimum absolute atomic E-state index is 0.321. The Balaban J connectivity index is 2.30. The Hall–Kier alpha value is -1.16. The second kappa shape index (κ2) is 3.53. The fraction of sp³-hybridized carbons (Fsp3) is 0.500. The maximum Gasteiger partial charge on any atom is 0.141 e. The van der Waals surface area contributed by atoms with Gasteiger partial charge < -0.3 is 10.6 Å². The highest BCUT2D eigenvalue weighted by atomic mass is 19.1. The van der Waals surface area contributed by atoms with Crippen molar-refractivity contribution < 1.29 is 4.39 Å². The Kier molecular flexibility index (Phi) is 2.37. The Bertz CT molecular complexity index is 336. The molecule has 0 atom stereocenters. The second-order valence-electron chi connectivity index (χ2n) is 3.68. The van der Waals surface area contributed by atoms with Gasteiger partial charge in [-0.15, -0.1) is 0 Å². The fourth-order valence-electron chi connectivity index (χ4n) is 1.58. The van der Waals surface area contributed by atoms with Gasteiger partial charge in [-0.25, -0.2) is 9.37 Å². The van der Waals surface area contributed by atoms with Crippen LogP contribution in [0.4, 0.5) is 10.2 Å². The van der Waals surface area contributed by atoms with Crippen molar-refractivity contribution in [2.45, 2.75) is 25.4 Å². The monoisotopic (exact) mass is 195 g/mol. The van der Waals surface area contributed by atoms with E-state index in [4.69, 9.17) is 5.73 Å². The van der Waals surface area contributed by atoms with Crippen LogP contribution < -0.4 is 10.6 Å². The number of nitrogens with two attached hydrogens (primary N) is 1. The Morgan fingerprint density at radius 2 is 2.36 bits per heavy atom. The van der Waals surface area contributed by atoms with Gasteiger partial charge in [-0.1, -0.05) is 0 Å². The molecular formula is C10H14FN3. The zero-order valence-corrected chi connectivity index (χ0v) is 8.20. The number of halogens is 1. The van der Waals surface area contributed by atoms with Crippen LogP contribution in [-0.4, -0.2) is 18.1 Å². The maximum absolute atomic E-state index is 12.9. The highest BCUT2D eigenvalue weighted by Gasteiger charge is 2.28. The molecule has 1 fully saturated rings. The van der Waals surface area contributed by atoms with Crippen molar-refractivity contribution in [1.82, 2.24) is 4.98 Å². The lowest BCUT2D eigenvalue weighted by Crippen LogP contribution is -2.23. The first-order valence-electron chi connectivity index (χ1n) is 4.79. The van der Waals surface area contributed by atoms with Gasteiger partial charge in [-0.05, 0) is 18.9 Å². The van der Waals surface area contributed by atoms with Crippen LogP contribution in [0.3, 0.4) is 0 Å². The molecule has 0 aromatic carbocycles. The summed E-state index contributed by atoms with van der Waals surface area (Å²) in [5, 5.41) is 0. The van der Waals surface area contributed by atoms with Crippen molar-refractivity contribution in [3.63, 3.8) is 0 Å². The molecule has 0 aliphatic heterocycles.